The minimum atomic E-state index is -0.663. The first-order valence-corrected chi connectivity index (χ1v) is 6.60. The third-order valence-corrected chi connectivity index (χ3v) is 4.03. The number of nitrogens with two attached hydrogens (primary N) is 2. The van der Waals surface area contributed by atoms with Crippen molar-refractivity contribution in [2.45, 2.75) is 51.4 Å². The summed E-state index contributed by atoms with van der Waals surface area (Å²) in [5, 5.41) is 0. The molecule has 4 nitrogen and oxygen atoms in total. The Morgan fingerprint density at radius 1 is 0.941 bits per heavy atom. The molecule has 0 aromatic rings. The maximum absolute atomic E-state index is 6.44. The van der Waals surface area contributed by atoms with E-state index in [9.17, 15) is 0 Å². The third-order valence-electron chi connectivity index (χ3n) is 4.03. The van der Waals surface area contributed by atoms with E-state index < -0.39 is 5.66 Å². The van der Waals surface area contributed by atoms with E-state index in [4.69, 9.17) is 11.5 Å². The average molecular weight is 244 g/mol. The molecule has 0 aliphatic carbocycles. The lowest BCUT2D eigenvalue weighted by atomic mass is 9.80. The maximum Gasteiger partial charge on any atom is 0.0837 e. The molecule has 0 fully saturated rings. The molecule has 3 atom stereocenters. The highest BCUT2D eigenvalue weighted by atomic mass is 15.2. The minimum absolute atomic E-state index is 0.200. The van der Waals surface area contributed by atoms with Gasteiger partial charge in [0.15, 0.2) is 0 Å². The number of hydrogen-bond acceptors (Lipinski definition) is 4. The smallest absolute Gasteiger partial charge is 0.0837 e. The molecule has 0 saturated carbocycles. The van der Waals surface area contributed by atoms with Crippen LogP contribution in [0.3, 0.4) is 0 Å². The Hall–Kier alpha value is -0.160. The lowest BCUT2D eigenvalue weighted by Crippen LogP contribution is -2.69. The zero-order valence-corrected chi connectivity index (χ0v) is 12.7. The van der Waals surface area contributed by atoms with Crippen LogP contribution < -0.4 is 11.5 Å². The van der Waals surface area contributed by atoms with E-state index in [1.54, 1.807) is 0 Å². The summed E-state index contributed by atoms with van der Waals surface area (Å²) in [6.07, 6.45) is 2.03. The van der Waals surface area contributed by atoms with Gasteiger partial charge in [-0.05, 0) is 41.0 Å². The Morgan fingerprint density at radius 2 is 1.41 bits per heavy atom. The molecule has 3 unspecified atom stereocenters. The summed E-state index contributed by atoms with van der Waals surface area (Å²) in [5.41, 5.74) is 12.2. The summed E-state index contributed by atoms with van der Waals surface area (Å²) in [5.74, 6) is 0.245. The molecular weight excluding hydrogens is 212 g/mol. The molecule has 0 aliphatic heterocycles. The molecule has 0 radical (unpaired) electrons. The van der Waals surface area contributed by atoms with Crippen molar-refractivity contribution in [2.24, 2.45) is 17.4 Å². The van der Waals surface area contributed by atoms with Gasteiger partial charge < -0.3 is 21.3 Å². The Labute approximate surface area is 107 Å². The van der Waals surface area contributed by atoms with Crippen LogP contribution in [0, 0.1) is 5.92 Å². The molecule has 4 N–H and O–H groups in total. The summed E-state index contributed by atoms with van der Waals surface area (Å²) in [4.78, 5) is 4.36. The quantitative estimate of drug-likeness (QED) is 0.654. The fourth-order valence-corrected chi connectivity index (χ4v) is 2.97. The van der Waals surface area contributed by atoms with Crippen molar-refractivity contribution in [3.05, 3.63) is 0 Å². The predicted molar refractivity (Wildman–Crippen MR) is 75.8 cm³/mol. The van der Waals surface area contributed by atoms with Crippen LogP contribution in [0.5, 0.6) is 0 Å². The molecule has 17 heavy (non-hydrogen) atoms. The van der Waals surface area contributed by atoms with Crippen LogP contribution in [0.15, 0.2) is 0 Å². The summed E-state index contributed by atoms with van der Waals surface area (Å²) in [6.45, 7) is 6.50. The van der Waals surface area contributed by atoms with E-state index >= 15 is 0 Å². The largest absolute Gasteiger partial charge is 0.312 e. The van der Waals surface area contributed by atoms with Crippen LogP contribution in [0.25, 0.3) is 0 Å². The normalized spacial score (nSPS) is 18.5. The van der Waals surface area contributed by atoms with Gasteiger partial charge in [0.05, 0.1) is 5.66 Å². The molecule has 4 heteroatoms. The van der Waals surface area contributed by atoms with E-state index in [0.29, 0.717) is 6.04 Å². The van der Waals surface area contributed by atoms with Crippen molar-refractivity contribution in [3.63, 3.8) is 0 Å². The summed E-state index contributed by atoms with van der Waals surface area (Å²) < 4.78 is 0. The highest BCUT2D eigenvalue weighted by molar-refractivity contribution is 4.98. The molecule has 0 aliphatic rings. The van der Waals surface area contributed by atoms with Gasteiger partial charge in [-0.2, -0.15) is 0 Å². The average Bonchev–Trinajstić information content (AvgIpc) is 2.17. The van der Waals surface area contributed by atoms with Crippen molar-refractivity contribution in [1.82, 2.24) is 9.80 Å². The van der Waals surface area contributed by atoms with Gasteiger partial charge >= 0.3 is 0 Å². The molecular formula is C13H32N4. The monoisotopic (exact) mass is 244 g/mol. The Bertz CT molecular complexity index is 213. The van der Waals surface area contributed by atoms with Gasteiger partial charge in [-0.1, -0.05) is 20.8 Å². The number of likely N-dealkylation sites (N-methyl/N-ethyl adjacent to an activating group) is 1. The van der Waals surface area contributed by atoms with Crippen molar-refractivity contribution < 1.29 is 0 Å². The topological polar surface area (TPSA) is 58.5 Å². The summed E-state index contributed by atoms with van der Waals surface area (Å²) >= 11 is 0. The Morgan fingerprint density at radius 3 is 1.65 bits per heavy atom. The summed E-state index contributed by atoms with van der Waals surface area (Å²) in [7, 11) is 8.28. The van der Waals surface area contributed by atoms with E-state index in [1.807, 2.05) is 14.1 Å². The van der Waals surface area contributed by atoms with Gasteiger partial charge in [0.25, 0.3) is 0 Å². The molecule has 0 bridgehead atoms. The third kappa shape index (κ3) is 3.91. The van der Waals surface area contributed by atoms with Gasteiger partial charge in [-0.3, -0.25) is 0 Å². The highest BCUT2D eigenvalue weighted by Gasteiger charge is 2.40. The van der Waals surface area contributed by atoms with Crippen molar-refractivity contribution in [1.29, 1.82) is 0 Å². The van der Waals surface area contributed by atoms with Crippen molar-refractivity contribution in [2.75, 3.05) is 28.2 Å². The predicted octanol–water partition coefficient (Wildman–Crippen LogP) is 0.917. The van der Waals surface area contributed by atoms with Crippen LogP contribution in [-0.4, -0.2) is 55.7 Å². The molecule has 0 aromatic heterocycles. The van der Waals surface area contributed by atoms with Gasteiger partial charge in [0, 0.05) is 18.0 Å². The first-order chi connectivity index (χ1) is 7.69. The second kappa shape index (κ2) is 6.69. The van der Waals surface area contributed by atoms with Crippen molar-refractivity contribution in [3.8, 4) is 0 Å². The lowest BCUT2D eigenvalue weighted by Gasteiger charge is -2.46. The second-order valence-electron chi connectivity index (χ2n) is 5.62. The number of rotatable bonds is 7. The first kappa shape index (κ1) is 16.8. The number of hydrogen-bond donors (Lipinski definition) is 2. The zero-order chi connectivity index (χ0) is 13.8. The maximum atomic E-state index is 6.44. The zero-order valence-electron chi connectivity index (χ0n) is 12.7. The second-order valence-corrected chi connectivity index (χ2v) is 5.62. The molecule has 0 heterocycles. The molecule has 0 amide bonds. The highest BCUT2D eigenvalue weighted by Crippen LogP contribution is 2.25. The Balaban J connectivity index is 5.00. The fourth-order valence-electron chi connectivity index (χ4n) is 2.97. The van der Waals surface area contributed by atoms with Crippen LogP contribution in [0.2, 0.25) is 0 Å². The standard InChI is InChI=1S/C13H32N4/c1-8-11(16(4)5)10(3)13(14,15)12(9-2)17(6)7/h10-12H,8-9,14-15H2,1-7H3. The molecule has 104 valence electrons. The van der Waals surface area contributed by atoms with Crippen LogP contribution in [0.4, 0.5) is 0 Å². The molecule has 0 spiro atoms. The number of nitrogens with zero attached hydrogens (tertiary/aromatic N) is 2. The van der Waals surface area contributed by atoms with Crippen molar-refractivity contribution >= 4 is 0 Å². The van der Waals surface area contributed by atoms with Gasteiger partial charge in [-0.15, -0.1) is 0 Å². The van der Waals surface area contributed by atoms with E-state index in [1.165, 1.54) is 0 Å². The van der Waals surface area contributed by atoms with Gasteiger partial charge in [-0.25, -0.2) is 0 Å². The van der Waals surface area contributed by atoms with Gasteiger partial charge in [0.2, 0.25) is 0 Å². The van der Waals surface area contributed by atoms with Crippen LogP contribution in [-0.2, 0) is 0 Å². The molecule has 0 rings (SSSR count). The Kier molecular flexibility index (Phi) is 6.62. The lowest BCUT2D eigenvalue weighted by molar-refractivity contribution is 0.0728. The SMILES string of the molecule is CCC(C(C)C(N)(N)C(CC)N(C)C)N(C)C. The van der Waals surface area contributed by atoms with E-state index in [0.717, 1.165) is 12.8 Å². The summed E-state index contributed by atoms with van der Waals surface area (Å²) in [6, 6.07) is 0.616. The first-order valence-electron chi connectivity index (χ1n) is 6.60. The fraction of sp³-hybridized carbons (Fsp3) is 1.00. The minimum Gasteiger partial charge on any atom is -0.312 e. The molecule has 0 aromatic carbocycles. The van der Waals surface area contributed by atoms with E-state index in [-0.39, 0.29) is 12.0 Å². The van der Waals surface area contributed by atoms with Crippen LogP contribution in [0.1, 0.15) is 33.6 Å². The van der Waals surface area contributed by atoms with Gasteiger partial charge in [0.1, 0.15) is 0 Å². The van der Waals surface area contributed by atoms with Crippen LogP contribution >= 0.6 is 0 Å². The van der Waals surface area contributed by atoms with E-state index in [2.05, 4.69) is 44.7 Å². The molecule has 0 saturated heterocycles.